The highest BCUT2D eigenvalue weighted by Gasteiger charge is 2.26. The maximum absolute atomic E-state index is 12.5. The summed E-state index contributed by atoms with van der Waals surface area (Å²) < 4.78 is 31.6. The number of benzene rings is 1. The number of aliphatic hydroxyl groups is 2. The molecule has 0 radical (unpaired) electrons. The van der Waals surface area contributed by atoms with Crippen LogP contribution in [0.3, 0.4) is 0 Å². The average Bonchev–Trinajstić information content (AvgIpc) is 2.55. The molecular weight excluding hydrogens is 308 g/mol. The van der Waals surface area contributed by atoms with E-state index in [1.54, 1.807) is 29.2 Å². The van der Waals surface area contributed by atoms with Crippen molar-refractivity contribution in [3.8, 4) is 0 Å². The summed E-state index contributed by atoms with van der Waals surface area (Å²) in [4.78, 5) is 2.04. The normalized spacial score (nSPS) is 16.6. The number of aliphatic hydroxyl groups excluding tert-OH is 2. The average molecular weight is 330 g/mol. The molecule has 0 unspecified atom stereocenters. The van der Waals surface area contributed by atoms with Crippen LogP contribution < -0.4 is 4.90 Å². The van der Waals surface area contributed by atoms with E-state index in [1.165, 1.54) is 4.31 Å². The molecule has 0 atom stereocenters. The Bertz CT molecular complexity index is 549. The lowest BCUT2D eigenvalue weighted by molar-refractivity contribution is 0.0730. The smallest absolute Gasteiger partial charge is 0.243 e. The van der Waals surface area contributed by atoms with Crippen LogP contribution in [0.5, 0.6) is 0 Å². The van der Waals surface area contributed by atoms with Gasteiger partial charge in [0.1, 0.15) is 0 Å². The fourth-order valence-corrected chi connectivity index (χ4v) is 3.78. The summed E-state index contributed by atoms with van der Waals surface area (Å²) in [5, 5.41) is 18.1. The highest BCUT2D eigenvalue weighted by atomic mass is 32.2. The SMILES string of the molecule is O=S(=O)(c1ccc(N(CCO)CCO)cc1)N1CCOCC1. The van der Waals surface area contributed by atoms with Crippen molar-refractivity contribution in [2.24, 2.45) is 0 Å². The molecule has 0 aliphatic carbocycles. The molecule has 0 saturated carbocycles. The zero-order valence-electron chi connectivity index (χ0n) is 12.4. The van der Waals surface area contributed by atoms with Crippen LogP contribution in [0.2, 0.25) is 0 Å². The van der Waals surface area contributed by atoms with Crippen molar-refractivity contribution in [3.05, 3.63) is 24.3 Å². The molecule has 1 aromatic rings. The number of ether oxygens (including phenoxy) is 1. The Morgan fingerprint density at radius 1 is 1.05 bits per heavy atom. The lowest BCUT2D eigenvalue weighted by Crippen LogP contribution is -2.40. The van der Waals surface area contributed by atoms with Crippen LogP contribution in [0, 0.1) is 0 Å². The first-order valence-corrected chi connectivity index (χ1v) is 8.68. The van der Waals surface area contributed by atoms with Crippen molar-refractivity contribution in [2.75, 3.05) is 57.5 Å². The summed E-state index contributed by atoms with van der Waals surface area (Å²) in [6.45, 7) is 2.26. The minimum atomic E-state index is -3.49. The molecule has 2 N–H and O–H groups in total. The van der Waals surface area contributed by atoms with Gasteiger partial charge in [-0.15, -0.1) is 0 Å². The third kappa shape index (κ3) is 3.96. The number of hydrogen-bond acceptors (Lipinski definition) is 6. The fraction of sp³-hybridized carbons (Fsp3) is 0.571. The van der Waals surface area contributed by atoms with Gasteiger partial charge in [0, 0.05) is 31.9 Å². The van der Waals surface area contributed by atoms with E-state index in [0.29, 0.717) is 39.4 Å². The summed E-state index contributed by atoms with van der Waals surface area (Å²) in [7, 11) is -3.49. The molecule has 124 valence electrons. The first-order chi connectivity index (χ1) is 10.6. The standard InChI is InChI=1S/C14H22N2O5S/c17-9-5-15(6-10-18)13-1-3-14(4-2-13)22(19,20)16-7-11-21-12-8-16/h1-4,17-18H,5-12H2. The van der Waals surface area contributed by atoms with Gasteiger partial charge in [0.2, 0.25) is 10.0 Å². The molecule has 7 nitrogen and oxygen atoms in total. The summed E-state index contributed by atoms with van der Waals surface area (Å²) in [5.41, 5.74) is 0.768. The highest BCUT2D eigenvalue weighted by molar-refractivity contribution is 7.89. The number of hydrogen-bond donors (Lipinski definition) is 2. The minimum Gasteiger partial charge on any atom is -0.395 e. The Balaban J connectivity index is 2.16. The summed E-state index contributed by atoms with van der Waals surface area (Å²) in [5.74, 6) is 0. The maximum atomic E-state index is 12.5. The van der Waals surface area contributed by atoms with E-state index in [-0.39, 0.29) is 18.1 Å². The van der Waals surface area contributed by atoms with Gasteiger partial charge in [0.05, 0.1) is 31.3 Å². The van der Waals surface area contributed by atoms with E-state index >= 15 is 0 Å². The summed E-state index contributed by atoms with van der Waals surface area (Å²) >= 11 is 0. The molecule has 0 aromatic heterocycles. The molecule has 0 bridgehead atoms. The molecule has 1 heterocycles. The lowest BCUT2D eigenvalue weighted by atomic mass is 10.3. The quantitative estimate of drug-likeness (QED) is 0.700. The van der Waals surface area contributed by atoms with E-state index in [0.717, 1.165) is 5.69 Å². The van der Waals surface area contributed by atoms with Gasteiger partial charge in [-0.3, -0.25) is 0 Å². The monoisotopic (exact) mass is 330 g/mol. The first kappa shape index (κ1) is 17.2. The van der Waals surface area contributed by atoms with Gasteiger partial charge in [-0.25, -0.2) is 8.42 Å². The third-order valence-electron chi connectivity index (χ3n) is 3.55. The summed E-state index contributed by atoms with van der Waals surface area (Å²) in [6.07, 6.45) is 0. The number of sulfonamides is 1. The number of nitrogens with zero attached hydrogens (tertiary/aromatic N) is 2. The van der Waals surface area contributed by atoms with E-state index in [4.69, 9.17) is 14.9 Å². The Hall–Kier alpha value is -1.19. The molecule has 1 aromatic carbocycles. The maximum Gasteiger partial charge on any atom is 0.243 e. The Labute approximate surface area is 130 Å². The van der Waals surface area contributed by atoms with Gasteiger partial charge in [0.15, 0.2) is 0 Å². The second-order valence-electron chi connectivity index (χ2n) is 4.94. The number of anilines is 1. The van der Waals surface area contributed by atoms with E-state index in [9.17, 15) is 8.42 Å². The molecular formula is C14H22N2O5S. The number of morpholine rings is 1. The largest absolute Gasteiger partial charge is 0.395 e. The lowest BCUT2D eigenvalue weighted by Gasteiger charge is -2.27. The molecule has 2 rings (SSSR count). The molecule has 1 fully saturated rings. The third-order valence-corrected chi connectivity index (χ3v) is 5.46. The van der Waals surface area contributed by atoms with Crippen LogP contribution in [0.4, 0.5) is 5.69 Å². The van der Waals surface area contributed by atoms with Crippen LogP contribution >= 0.6 is 0 Å². The molecule has 1 aliphatic rings. The molecule has 1 aliphatic heterocycles. The van der Waals surface area contributed by atoms with Crippen molar-refractivity contribution in [1.29, 1.82) is 0 Å². The second-order valence-corrected chi connectivity index (χ2v) is 6.88. The van der Waals surface area contributed by atoms with Crippen LogP contribution in [-0.4, -0.2) is 75.5 Å². The van der Waals surface area contributed by atoms with E-state index in [2.05, 4.69) is 0 Å². The van der Waals surface area contributed by atoms with Gasteiger partial charge >= 0.3 is 0 Å². The van der Waals surface area contributed by atoms with Crippen molar-refractivity contribution >= 4 is 15.7 Å². The van der Waals surface area contributed by atoms with Crippen molar-refractivity contribution in [2.45, 2.75) is 4.90 Å². The molecule has 1 saturated heterocycles. The van der Waals surface area contributed by atoms with Gasteiger partial charge in [-0.2, -0.15) is 4.31 Å². The molecule has 0 spiro atoms. The van der Waals surface area contributed by atoms with Crippen LogP contribution in [0.25, 0.3) is 0 Å². The first-order valence-electron chi connectivity index (χ1n) is 7.24. The van der Waals surface area contributed by atoms with E-state index in [1.807, 2.05) is 0 Å². The predicted octanol–water partition coefficient (Wildman–Crippen LogP) is -0.501. The zero-order chi connectivity index (χ0) is 16.0. The Morgan fingerprint density at radius 2 is 1.59 bits per heavy atom. The summed E-state index contributed by atoms with van der Waals surface area (Å²) in [6, 6.07) is 6.50. The predicted molar refractivity (Wildman–Crippen MR) is 82.4 cm³/mol. The molecule has 22 heavy (non-hydrogen) atoms. The van der Waals surface area contributed by atoms with Crippen molar-refractivity contribution < 1.29 is 23.4 Å². The Kier molecular flexibility index (Phi) is 6.16. The van der Waals surface area contributed by atoms with Gasteiger partial charge < -0.3 is 19.8 Å². The van der Waals surface area contributed by atoms with Gasteiger partial charge in [-0.1, -0.05) is 0 Å². The van der Waals surface area contributed by atoms with Crippen LogP contribution in [0.1, 0.15) is 0 Å². The van der Waals surface area contributed by atoms with Crippen LogP contribution in [-0.2, 0) is 14.8 Å². The minimum absolute atomic E-state index is 0.0339. The molecule has 0 amide bonds. The van der Waals surface area contributed by atoms with Gasteiger partial charge in [-0.05, 0) is 24.3 Å². The topological polar surface area (TPSA) is 90.3 Å². The van der Waals surface area contributed by atoms with Crippen molar-refractivity contribution in [1.82, 2.24) is 4.31 Å². The fourth-order valence-electron chi connectivity index (χ4n) is 2.38. The van der Waals surface area contributed by atoms with Gasteiger partial charge in [0.25, 0.3) is 0 Å². The Morgan fingerprint density at radius 3 is 2.09 bits per heavy atom. The highest BCUT2D eigenvalue weighted by Crippen LogP contribution is 2.21. The zero-order valence-corrected chi connectivity index (χ0v) is 13.2. The van der Waals surface area contributed by atoms with Crippen LogP contribution in [0.15, 0.2) is 29.2 Å². The number of rotatable bonds is 7. The second kappa shape index (κ2) is 7.89. The van der Waals surface area contributed by atoms with Crippen molar-refractivity contribution in [3.63, 3.8) is 0 Å². The molecule has 8 heteroatoms. The van der Waals surface area contributed by atoms with E-state index < -0.39 is 10.0 Å².